The fourth-order valence-electron chi connectivity index (χ4n) is 2.68. The highest BCUT2D eigenvalue weighted by Crippen LogP contribution is 2.21. The minimum Gasteiger partial charge on any atom is -0.322 e. The summed E-state index contributed by atoms with van der Waals surface area (Å²) in [6, 6.07) is 15.7. The van der Waals surface area contributed by atoms with Crippen LogP contribution in [-0.4, -0.2) is 20.9 Å². The van der Waals surface area contributed by atoms with Crippen molar-refractivity contribution >= 4 is 33.2 Å². The quantitative estimate of drug-likeness (QED) is 0.560. The van der Waals surface area contributed by atoms with Crippen molar-refractivity contribution in [2.75, 3.05) is 11.9 Å². The highest BCUT2D eigenvalue weighted by atomic mass is 35.5. The number of halogens is 3. The molecule has 3 aromatic rings. The Hall–Kier alpha value is -2.81. The van der Waals surface area contributed by atoms with Gasteiger partial charge in [0.2, 0.25) is 10.0 Å². The lowest BCUT2D eigenvalue weighted by molar-refractivity contribution is 0.102. The molecule has 0 radical (unpaired) electrons. The summed E-state index contributed by atoms with van der Waals surface area (Å²) in [5.74, 6) is -2.46. The van der Waals surface area contributed by atoms with Gasteiger partial charge >= 0.3 is 0 Å². The largest absolute Gasteiger partial charge is 0.322 e. The van der Waals surface area contributed by atoms with E-state index in [-0.39, 0.29) is 22.2 Å². The van der Waals surface area contributed by atoms with Crippen LogP contribution in [0.2, 0.25) is 5.02 Å². The molecule has 0 saturated carbocycles. The van der Waals surface area contributed by atoms with Gasteiger partial charge < -0.3 is 5.32 Å². The van der Waals surface area contributed by atoms with Crippen molar-refractivity contribution in [1.82, 2.24) is 4.72 Å². The number of hydrogen-bond donors (Lipinski definition) is 2. The number of sulfonamides is 1. The Labute approximate surface area is 177 Å². The van der Waals surface area contributed by atoms with Gasteiger partial charge in [0, 0.05) is 12.2 Å². The number of amides is 1. The average Bonchev–Trinajstić information content (AvgIpc) is 2.71. The molecule has 0 aliphatic heterocycles. The van der Waals surface area contributed by atoms with E-state index in [4.69, 9.17) is 11.6 Å². The number of anilines is 1. The standard InChI is InChI=1S/C21H17ClF2N2O3S/c22-18-12-15(6-8-20(18)24)26-21(27)17-13-16(7-9-19(17)23)30(28,29)25-11-10-14-4-2-1-3-5-14/h1-9,12-13,25H,10-11H2,(H,26,27). The lowest BCUT2D eigenvalue weighted by Gasteiger charge is -2.10. The van der Waals surface area contributed by atoms with Gasteiger partial charge in [-0.15, -0.1) is 0 Å². The van der Waals surface area contributed by atoms with Crippen LogP contribution in [0.15, 0.2) is 71.6 Å². The molecule has 0 atom stereocenters. The summed E-state index contributed by atoms with van der Waals surface area (Å²) >= 11 is 5.66. The van der Waals surface area contributed by atoms with E-state index in [2.05, 4.69) is 10.0 Å². The maximum Gasteiger partial charge on any atom is 0.258 e. The molecule has 30 heavy (non-hydrogen) atoms. The van der Waals surface area contributed by atoms with Crippen molar-refractivity contribution in [3.05, 3.63) is 94.5 Å². The molecule has 2 N–H and O–H groups in total. The summed E-state index contributed by atoms with van der Waals surface area (Å²) in [5.41, 5.74) is 0.624. The van der Waals surface area contributed by atoms with Crippen LogP contribution in [0.3, 0.4) is 0 Å². The summed E-state index contributed by atoms with van der Waals surface area (Å²) in [7, 11) is -3.96. The van der Waals surface area contributed by atoms with Crippen molar-refractivity contribution in [2.24, 2.45) is 0 Å². The number of rotatable bonds is 7. The molecule has 0 fully saturated rings. The van der Waals surface area contributed by atoms with E-state index in [1.54, 1.807) is 0 Å². The van der Waals surface area contributed by atoms with Gasteiger partial charge in [0.25, 0.3) is 5.91 Å². The molecular formula is C21H17ClF2N2O3S. The van der Waals surface area contributed by atoms with Crippen LogP contribution in [0, 0.1) is 11.6 Å². The molecule has 0 unspecified atom stereocenters. The van der Waals surface area contributed by atoms with E-state index in [1.165, 1.54) is 12.1 Å². The summed E-state index contributed by atoms with van der Waals surface area (Å²) in [6.07, 6.45) is 0.472. The first kappa shape index (κ1) is 21.9. The Morgan fingerprint density at radius 1 is 0.933 bits per heavy atom. The van der Waals surface area contributed by atoms with Gasteiger partial charge in [-0.25, -0.2) is 21.9 Å². The Morgan fingerprint density at radius 3 is 2.33 bits per heavy atom. The van der Waals surface area contributed by atoms with Gasteiger partial charge in [-0.05, 0) is 48.4 Å². The van der Waals surface area contributed by atoms with Crippen molar-refractivity contribution in [1.29, 1.82) is 0 Å². The topological polar surface area (TPSA) is 75.3 Å². The number of carbonyl (C=O) groups is 1. The van der Waals surface area contributed by atoms with Crippen molar-refractivity contribution in [3.63, 3.8) is 0 Å². The Bertz CT molecular complexity index is 1170. The molecule has 3 aromatic carbocycles. The van der Waals surface area contributed by atoms with E-state index in [1.807, 2.05) is 30.3 Å². The first-order chi connectivity index (χ1) is 14.3. The summed E-state index contributed by atoms with van der Waals surface area (Å²) in [4.78, 5) is 12.2. The third-order valence-corrected chi connectivity index (χ3v) is 5.97. The van der Waals surface area contributed by atoms with E-state index in [0.717, 1.165) is 29.8 Å². The maximum absolute atomic E-state index is 14.2. The third kappa shape index (κ3) is 5.41. The van der Waals surface area contributed by atoms with Crippen LogP contribution in [0.4, 0.5) is 14.5 Å². The maximum atomic E-state index is 14.2. The SMILES string of the molecule is O=C(Nc1ccc(F)c(Cl)c1)c1cc(S(=O)(=O)NCCc2ccccc2)ccc1F. The van der Waals surface area contributed by atoms with E-state index in [0.29, 0.717) is 6.42 Å². The van der Waals surface area contributed by atoms with Gasteiger partial charge in [0.1, 0.15) is 11.6 Å². The molecule has 1 amide bonds. The van der Waals surface area contributed by atoms with Gasteiger partial charge in [0.05, 0.1) is 15.5 Å². The summed E-state index contributed by atoms with van der Waals surface area (Å²) in [5, 5.41) is 2.15. The van der Waals surface area contributed by atoms with Crippen molar-refractivity contribution in [3.8, 4) is 0 Å². The number of hydrogen-bond acceptors (Lipinski definition) is 3. The summed E-state index contributed by atoms with van der Waals surface area (Å²) in [6.45, 7) is 0.138. The Balaban J connectivity index is 1.74. The number of nitrogens with one attached hydrogen (secondary N) is 2. The molecule has 0 aliphatic carbocycles. The van der Waals surface area contributed by atoms with Crippen LogP contribution in [0.5, 0.6) is 0 Å². The zero-order valence-corrected chi connectivity index (χ0v) is 17.1. The molecule has 0 aliphatic rings. The molecule has 0 bridgehead atoms. The fourth-order valence-corrected chi connectivity index (χ4v) is 3.91. The predicted octanol–water partition coefficient (Wildman–Crippen LogP) is 4.39. The van der Waals surface area contributed by atoms with Gasteiger partial charge in [-0.2, -0.15) is 0 Å². The molecule has 156 valence electrons. The zero-order valence-electron chi connectivity index (χ0n) is 15.5. The van der Waals surface area contributed by atoms with Crippen LogP contribution in [-0.2, 0) is 16.4 Å². The highest BCUT2D eigenvalue weighted by molar-refractivity contribution is 7.89. The minimum atomic E-state index is -3.96. The van der Waals surface area contributed by atoms with Crippen molar-refractivity contribution < 1.29 is 22.0 Å². The van der Waals surface area contributed by atoms with Gasteiger partial charge in [0.15, 0.2) is 0 Å². The molecule has 5 nitrogen and oxygen atoms in total. The van der Waals surface area contributed by atoms with E-state index in [9.17, 15) is 22.0 Å². The second-order valence-electron chi connectivity index (χ2n) is 6.36. The van der Waals surface area contributed by atoms with Crippen LogP contribution in [0.1, 0.15) is 15.9 Å². The zero-order chi connectivity index (χ0) is 21.7. The van der Waals surface area contributed by atoms with Crippen LogP contribution >= 0.6 is 11.6 Å². The normalized spacial score (nSPS) is 11.3. The van der Waals surface area contributed by atoms with Gasteiger partial charge in [-0.3, -0.25) is 4.79 Å². The average molecular weight is 451 g/mol. The second-order valence-corrected chi connectivity index (χ2v) is 8.53. The molecule has 0 saturated heterocycles. The lowest BCUT2D eigenvalue weighted by atomic mass is 10.2. The Morgan fingerprint density at radius 2 is 1.63 bits per heavy atom. The fraction of sp³-hybridized carbons (Fsp3) is 0.0952. The molecule has 9 heteroatoms. The van der Waals surface area contributed by atoms with Crippen LogP contribution in [0.25, 0.3) is 0 Å². The lowest BCUT2D eigenvalue weighted by Crippen LogP contribution is -2.26. The van der Waals surface area contributed by atoms with E-state index < -0.39 is 33.1 Å². The highest BCUT2D eigenvalue weighted by Gasteiger charge is 2.19. The van der Waals surface area contributed by atoms with Crippen molar-refractivity contribution in [2.45, 2.75) is 11.3 Å². The smallest absolute Gasteiger partial charge is 0.258 e. The first-order valence-corrected chi connectivity index (χ1v) is 10.7. The predicted molar refractivity (Wildman–Crippen MR) is 111 cm³/mol. The first-order valence-electron chi connectivity index (χ1n) is 8.86. The molecule has 0 spiro atoms. The third-order valence-electron chi connectivity index (χ3n) is 4.22. The number of carbonyl (C=O) groups excluding carboxylic acids is 1. The molecular weight excluding hydrogens is 434 g/mol. The Kier molecular flexibility index (Phi) is 6.81. The van der Waals surface area contributed by atoms with Gasteiger partial charge in [-0.1, -0.05) is 41.9 Å². The molecule has 3 rings (SSSR count). The molecule has 0 aromatic heterocycles. The minimum absolute atomic E-state index is 0.138. The van der Waals surface area contributed by atoms with Crippen LogP contribution < -0.4 is 10.0 Å². The second kappa shape index (κ2) is 9.34. The number of benzene rings is 3. The molecule has 0 heterocycles. The summed E-state index contributed by atoms with van der Waals surface area (Å²) < 4.78 is 54.9. The monoisotopic (exact) mass is 450 g/mol. The van der Waals surface area contributed by atoms with E-state index >= 15 is 0 Å².